The number of benzene rings is 3. The van der Waals surface area contributed by atoms with Crippen LogP contribution in [0.3, 0.4) is 0 Å². The van der Waals surface area contributed by atoms with Crippen molar-refractivity contribution in [3.63, 3.8) is 0 Å². The third-order valence-electron chi connectivity index (χ3n) is 3.79. The molecule has 0 fully saturated rings. The van der Waals surface area contributed by atoms with Gasteiger partial charge in [0.15, 0.2) is 0 Å². The van der Waals surface area contributed by atoms with Crippen molar-refractivity contribution in [2.45, 2.75) is 6.08 Å². The second-order valence-corrected chi connectivity index (χ2v) is 6.16. The summed E-state index contributed by atoms with van der Waals surface area (Å²) in [5, 5.41) is 24.0. The van der Waals surface area contributed by atoms with Crippen LogP contribution in [0.25, 0.3) is 11.1 Å². The third kappa shape index (κ3) is 6.06. The first-order chi connectivity index (χ1) is 17.5. The number of nitrogens with one attached hydrogen (secondary N) is 2. The highest BCUT2D eigenvalue weighted by Gasteiger charge is 2.07. The van der Waals surface area contributed by atoms with Gasteiger partial charge in [-0.2, -0.15) is 0 Å². The molecule has 6 heteroatoms. The first-order valence-electron chi connectivity index (χ1n) is 12.9. The second kappa shape index (κ2) is 10.1. The minimum atomic E-state index is -3.43. The lowest BCUT2D eigenvalue weighted by Gasteiger charge is -2.13. The maximum Gasteiger partial charge on any atom is 0.335 e. The first-order valence-corrected chi connectivity index (χ1v) is 8.82. The van der Waals surface area contributed by atoms with E-state index >= 15 is 0 Å². The predicted molar refractivity (Wildman–Crippen MR) is 117 cm³/mol. The summed E-state index contributed by atoms with van der Waals surface area (Å²) in [6.45, 7) is -6.44. The van der Waals surface area contributed by atoms with Gasteiger partial charge in [-0.15, -0.1) is 0 Å². The fourth-order valence-corrected chi connectivity index (χ4v) is 2.58. The summed E-state index contributed by atoms with van der Waals surface area (Å²) in [6, 6.07) is 9.50. The molecule has 150 valence electrons. The van der Waals surface area contributed by atoms with E-state index in [0.29, 0.717) is 16.8 Å². The molecule has 0 saturated heterocycles. The van der Waals surface area contributed by atoms with Crippen molar-refractivity contribution in [3.05, 3.63) is 88.9 Å². The average Bonchev–Trinajstić information content (AvgIpc) is 2.84. The van der Waals surface area contributed by atoms with Crippen molar-refractivity contribution in [2.75, 3.05) is 24.9 Å². The van der Waals surface area contributed by atoms with E-state index in [1.807, 2.05) is 5.32 Å². The zero-order chi connectivity index (χ0) is 28.6. The Morgan fingerprint density at radius 1 is 1.21 bits per heavy atom. The standard InChI is InChI=1S/C23H23ClN2O3/c24-20-8-2-6-18(13-20)22(27)15-25-10-11-26-21-9-3-5-17(14-21)16-4-1-7-19(12-16)23(28)29/h1-9,12-14,22,25-27H,10-11,15H2,(H,28,29)/t22-/m1/s1/i2D,6D,8D,10D2,13D,15D2,22D. The Hall–Kier alpha value is -2.86. The Morgan fingerprint density at radius 3 is 2.76 bits per heavy atom. The van der Waals surface area contributed by atoms with Crippen molar-refractivity contribution in [2.24, 2.45) is 0 Å². The van der Waals surface area contributed by atoms with Crippen LogP contribution in [0.4, 0.5) is 5.69 Å². The summed E-state index contributed by atoms with van der Waals surface area (Å²) in [7, 11) is 0. The van der Waals surface area contributed by atoms with Crippen LogP contribution in [0.2, 0.25) is 5.02 Å². The van der Waals surface area contributed by atoms with Gasteiger partial charge in [-0.25, -0.2) is 4.79 Å². The molecule has 0 heterocycles. The highest BCUT2D eigenvalue weighted by atomic mass is 35.5. The van der Waals surface area contributed by atoms with Crippen LogP contribution in [0.1, 0.15) is 34.3 Å². The summed E-state index contributed by atoms with van der Waals surface area (Å²) in [4.78, 5) is 11.3. The van der Waals surface area contributed by atoms with Gasteiger partial charge >= 0.3 is 5.97 Å². The molecule has 0 radical (unpaired) electrons. The van der Waals surface area contributed by atoms with E-state index in [0.717, 1.165) is 0 Å². The largest absolute Gasteiger partial charge is 0.478 e. The SMILES string of the molecule is [2H]c1c([2H])c(Cl)c([2H])c([C@]([2H])(O)C([2H])([2H])NC([2H])([2H])CNc2cccc(-c3cccc(C(=O)O)c3)c2)c1[2H]. The molecule has 0 aromatic heterocycles. The highest BCUT2D eigenvalue weighted by Crippen LogP contribution is 2.23. The van der Waals surface area contributed by atoms with Gasteiger partial charge < -0.3 is 20.8 Å². The highest BCUT2D eigenvalue weighted by molar-refractivity contribution is 6.30. The molecular weight excluding hydrogens is 388 g/mol. The second-order valence-electron chi connectivity index (χ2n) is 5.78. The number of anilines is 1. The molecule has 3 rings (SSSR count). The zero-order valence-corrected chi connectivity index (χ0v) is 15.8. The normalized spacial score (nSPS) is 18.3. The lowest BCUT2D eigenvalue weighted by atomic mass is 10.0. The van der Waals surface area contributed by atoms with Crippen LogP contribution >= 0.6 is 11.6 Å². The number of hydrogen-bond donors (Lipinski definition) is 4. The Bertz CT molecular complexity index is 1360. The molecule has 0 spiro atoms. The number of carboxylic acid groups (broad SMARTS) is 1. The number of rotatable bonds is 9. The van der Waals surface area contributed by atoms with Crippen LogP contribution < -0.4 is 10.6 Å². The number of aliphatic hydroxyl groups is 1. The zero-order valence-electron chi connectivity index (χ0n) is 24.0. The van der Waals surface area contributed by atoms with Gasteiger partial charge in [0.2, 0.25) is 0 Å². The molecule has 0 unspecified atom stereocenters. The van der Waals surface area contributed by atoms with Gasteiger partial charge in [-0.3, -0.25) is 0 Å². The van der Waals surface area contributed by atoms with E-state index in [1.54, 1.807) is 36.4 Å². The maximum atomic E-state index is 11.3. The number of carboxylic acids is 1. The van der Waals surface area contributed by atoms with Crippen molar-refractivity contribution in [3.8, 4) is 11.1 Å². The third-order valence-corrected chi connectivity index (χ3v) is 3.98. The van der Waals surface area contributed by atoms with Gasteiger partial charge in [0.1, 0.15) is 0 Å². The lowest BCUT2D eigenvalue weighted by Crippen LogP contribution is -2.26. The molecule has 5 nitrogen and oxygen atoms in total. The number of halogens is 1. The maximum absolute atomic E-state index is 11.3. The van der Waals surface area contributed by atoms with E-state index < -0.39 is 66.3 Å². The van der Waals surface area contributed by atoms with E-state index in [4.69, 9.17) is 23.9 Å². The monoisotopic (exact) mass is 419 g/mol. The number of hydrogen-bond acceptors (Lipinski definition) is 4. The fourth-order valence-electron chi connectivity index (χ4n) is 2.44. The topological polar surface area (TPSA) is 81.6 Å². The van der Waals surface area contributed by atoms with Crippen LogP contribution in [0.5, 0.6) is 0 Å². The van der Waals surface area contributed by atoms with Gasteiger partial charge in [-0.1, -0.05) is 48.0 Å². The molecule has 0 amide bonds. The Kier molecular flexibility index (Phi) is 4.16. The molecule has 3 aromatic carbocycles. The molecular formula is C23H23ClN2O3. The Balaban J connectivity index is 1.82. The van der Waals surface area contributed by atoms with E-state index in [2.05, 4.69) is 5.32 Å². The van der Waals surface area contributed by atoms with E-state index in [-0.39, 0.29) is 5.56 Å². The van der Waals surface area contributed by atoms with Crippen LogP contribution in [-0.2, 0) is 0 Å². The van der Waals surface area contributed by atoms with E-state index in [1.165, 1.54) is 12.1 Å². The van der Waals surface area contributed by atoms with Gasteiger partial charge in [0, 0.05) is 35.7 Å². The van der Waals surface area contributed by atoms with Crippen LogP contribution in [0, 0.1) is 0 Å². The van der Waals surface area contributed by atoms with Crippen molar-refractivity contribution >= 4 is 23.3 Å². The first kappa shape index (κ1) is 12.0. The van der Waals surface area contributed by atoms with Crippen LogP contribution in [-0.4, -0.2) is 35.7 Å². The molecule has 3 aromatic rings. The molecule has 0 aliphatic rings. The molecule has 0 saturated carbocycles. The van der Waals surface area contributed by atoms with Gasteiger partial charge in [-0.05, 0) is 53.0 Å². The Labute approximate surface area is 187 Å². The molecule has 1 atom stereocenters. The van der Waals surface area contributed by atoms with Crippen molar-refractivity contribution in [1.82, 2.24) is 5.32 Å². The van der Waals surface area contributed by atoms with Gasteiger partial charge in [0.25, 0.3) is 0 Å². The quantitative estimate of drug-likeness (QED) is 0.412. The minimum absolute atomic E-state index is 0.0920. The summed E-state index contributed by atoms with van der Waals surface area (Å²) in [5.74, 6) is -1.09. The predicted octanol–water partition coefficient (Wildman–Crippen LogP) is 4.44. The molecule has 29 heavy (non-hydrogen) atoms. The lowest BCUT2D eigenvalue weighted by molar-refractivity contribution is 0.0697. The average molecular weight is 420 g/mol. The Morgan fingerprint density at radius 2 is 1.97 bits per heavy atom. The van der Waals surface area contributed by atoms with Crippen LogP contribution in [0.15, 0.2) is 72.7 Å². The number of aromatic carboxylic acids is 1. The summed E-state index contributed by atoms with van der Waals surface area (Å²) >= 11 is 5.82. The smallest absolute Gasteiger partial charge is 0.335 e. The summed E-state index contributed by atoms with van der Waals surface area (Å²) in [6.07, 6.45) is -3.43. The van der Waals surface area contributed by atoms with E-state index in [9.17, 15) is 15.0 Å². The summed E-state index contributed by atoms with van der Waals surface area (Å²) in [5.41, 5.74) is 0.757. The minimum Gasteiger partial charge on any atom is -0.478 e. The fraction of sp³-hybridized carbons (Fsp3) is 0.174. The molecule has 4 N–H and O–H groups in total. The number of carbonyl (C=O) groups is 1. The van der Waals surface area contributed by atoms with Crippen molar-refractivity contribution in [1.29, 1.82) is 0 Å². The van der Waals surface area contributed by atoms with Crippen molar-refractivity contribution < 1.29 is 27.3 Å². The molecule has 0 bridgehead atoms. The molecule has 0 aliphatic heterocycles. The van der Waals surface area contributed by atoms with Gasteiger partial charge in [0.05, 0.1) is 18.5 Å². The summed E-state index contributed by atoms with van der Waals surface area (Å²) < 4.78 is 72.3. The molecule has 0 aliphatic carbocycles.